The van der Waals surface area contributed by atoms with Gasteiger partial charge in [0.15, 0.2) is 16.7 Å². The van der Waals surface area contributed by atoms with Crippen LogP contribution in [0.2, 0.25) is 0 Å². The maximum absolute atomic E-state index is 13.7. The van der Waals surface area contributed by atoms with Crippen LogP contribution in [0.1, 0.15) is 27.0 Å². The first-order valence-electron chi connectivity index (χ1n) is 14.0. The molecule has 1 amide bonds. The lowest BCUT2D eigenvalue weighted by atomic mass is 10.1. The molecule has 0 atom stereocenters. The number of nitrogens with zero attached hydrogens (tertiary/aromatic N) is 2. The Kier molecular flexibility index (Phi) is 8.47. The number of rotatable bonds is 10. The van der Waals surface area contributed by atoms with Gasteiger partial charge >= 0.3 is 5.97 Å². The Morgan fingerprint density at radius 1 is 0.977 bits per heavy atom. The van der Waals surface area contributed by atoms with E-state index >= 15 is 0 Å². The smallest absolute Gasteiger partial charge is 0.335 e. The zero-order valence-corrected chi connectivity index (χ0v) is 24.7. The summed E-state index contributed by atoms with van der Waals surface area (Å²) in [5.74, 6) is -0.0207. The number of nitrogens with one attached hydrogen (secondary N) is 1. The van der Waals surface area contributed by atoms with Crippen molar-refractivity contribution in [2.45, 2.75) is 13.0 Å². The van der Waals surface area contributed by atoms with Gasteiger partial charge in [-0.05, 0) is 83.4 Å². The van der Waals surface area contributed by atoms with Gasteiger partial charge in [0, 0.05) is 23.6 Å². The Balaban J connectivity index is 1.22. The lowest BCUT2D eigenvalue weighted by Gasteiger charge is -2.15. The van der Waals surface area contributed by atoms with Crippen LogP contribution in [-0.4, -0.2) is 45.7 Å². The molecule has 1 aromatic heterocycles. The number of benzene rings is 4. The zero-order valence-electron chi connectivity index (χ0n) is 23.9. The van der Waals surface area contributed by atoms with Crippen LogP contribution in [0, 0.1) is 0 Å². The summed E-state index contributed by atoms with van der Waals surface area (Å²) in [5.41, 5.74) is 4.83. The van der Waals surface area contributed by atoms with E-state index in [0.29, 0.717) is 34.5 Å². The van der Waals surface area contributed by atoms with Crippen molar-refractivity contribution in [2.75, 3.05) is 13.7 Å². The van der Waals surface area contributed by atoms with Gasteiger partial charge in [-0.3, -0.25) is 9.69 Å². The molecule has 5 aromatic rings. The SMILES string of the molecule is COc1cc(/C=C2\SC(=Nc3ccccc3)N(CCc3c[nH]c4ccccc34)C2=O)ccc1OCc1ccc(C(=O)O)cc1. The molecule has 0 unspecified atom stereocenters. The molecule has 8 nitrogen and oxygen atoms in total. The summed E-state index contributed by atoms with van der Waals surface area (Å²) in [6.45, 7) is 0.732. The number of aromatic amines is 1. The number of carboxylic acid groups (broad SMARTS) is 1. The van der Waals surface area contributed by atoms with E-state index < -0.39 is 5.97 Å². The zero-order chi connectivity index (χ0) is 30.5. The second kappa shape index (κ2) is 12.9. The van der Waals surface area contributed by atoms with E-state index in [1.54, 1.807) is 42.3 Å². The van der Waals surface area contributed by atoms with Gasteiger partial charge in [0.25, 0.3) is 5.91 Å². The van der Waals surface area contributed by atoms with Gasteiger partial charge in [-0.25, -0.2) is 9.79 Å². The molecular weight excluding hydrogens is 574 g/mol. The summed E-state index contributed by atoms with van der Waals surface area (Å²) in [7, 11) is 1.56. The molecule has 1 aliphatic heterocycles. The topological polar surface area (TPSA) is 104 Å². The third-order valence-electron chi connectivity index (χ3n) is 7.23. The van der Waals surface area contributed by atoms with Crippen LogP contribution in [0.25, 0.3) is 17.0 Å². The Morgan fingerprint density at radius 3 is 2.52 bits per heavy atom. The third kappa shape index (κ3) is 6.38. The number of methoxy groups -OCH3 is 1. The highest BCUT2D eigenvalue weighted by molar-refractivity contribution is 8.18. The number of aromatic carboxylic acids is 1. The van der Waals surface area contributed by atoms with Crippen molar-refractivity contribution in [1.29, 1.82) is 0 Å². The molecule has 4 aromatic carbocycles. The number of hydrogen-bond acceptors (Lipinski definition) is 6. The first-order valence-corrected chi connectivity index (χ1v) is 14.8. The summed E-state index contributed by atoms with van der Waals surface area (Å²) in [6.07, 6.45) is 4.52. The highest BCUT2D eigenvalue weighted by Gasteiger charge is 2.33. The van der Waals surface area contributed by atoms with Crippen molar-refractivity contribution in [2.24, 2.45) is 4.99 Å². The summed E-state index contributed by atoms with van der Waals surface area (Å²) in [5, 5.41) is 10.9. The number of amidine groups is 1. The maximum Gasteiger partial charge on any atom is 0.335 e. The molecule has 220 valence electrons. The van der Waals surface area contributed by atoms with E-state index in [2.05, 4.69) is 11.1 Å². The predicted molar refractivity (Wildman–Crippen MR) is 174 cm³/mol. The molecule has 0 bridgehead atoms. The minimum absolute atomic E-state index is 0.103. The van der Waals surface area contributed by atoms with Crippen molar-refractivity contribution in [3.63, 3.8) is 0 Å². The lowest BCUT2D eigenvalue weighted by molar-refractivity contribution is -0.122. The number of aliphatic imine (C=N–C) groups is 1. The fraction of sp³-hybridized carbons (Fsp3) is 0.114. The monoisotopic (exact) mass is 603 g/mol. The normalized spacial score (nSPS) is 14.9. The average Bonchev–Trinajstić information content (AvgIpc) is 3.59. The van der Waals surface area contributed by atoms with Gasteiger partial charge in [-0.15, -0.1) is 0 Å². The molecule has 6 rings (SSSR count). The first kappa shape index (κ1) is 28.8. The minimum Gasteiger partial charge on any atom is -0.493 e. The van der Waals surface area contributed by atoms with Crippen molar-refractivity contribution < 1.29 is 24.2 Å². The summed E-state index contributed by atoms with van der Waals surface area (Å²) < 4.78 is 11.6. The van der Waals surface area contributed by atoms with E-state index in [4.69, 9.17) is 19.6 Å². The molecular formula is C35H29N3O5S. The highest BCUT2D eigenvalue weighted by Crippen LogP contribution is 2.36. The molecule has 0 aliphatic carbocycles. The number of aromatic nitrogens is 1. The van der Waals surface area contributed by atoms with Gasteiger partial charge in [-0.1, -0.05) is 54.6 Å². The quantitative estimate of drug-likeness (QED) is 0.162. The number of ether oxygens (including phenoxy) is 2. The number of amides is 1. The molecule has 1 aliphatic rings. The van der Waals surface area contributed by atoms with Crippen LogP contribution in [-0.2, 0) is 17.8 Å². The first-order chi connectivity index (χ1) is 21.5. The predicted octanol–water partition coefficient (Wildman–Crippen LogP) is 7.30. The van der Waals surface area contributed by atoms with E-state index in [-0.39, 0.29) is 18.1 Å². The number of hydrogen-bond donors (Lipinski definition) is 2. The maximum atomic E-state index is 13.7. The van der Waals surface area contributed by atoms with Gasteiger partial charge < -0.3 is 19.6 Å². The van der Waals surface area contributed by atoms with Crippen LogP contribution in [0.4, 0.5) is 5.69 Å². The number of carbonyl (C=O) groups is 2. The molecule has 9 heteroatoms. The molecule has 2 heterocycles. The van der Waals surface area contributed by atoms with Crippen LogP contribution >= 0.6 is 11.8 Å². The number of thioether (sulfide) groups is 1. The average molecular weight is 604 g/mol. The number of para-hydroxylation sites is 2. The van der Waals surface area contributed by atoms with Crippen LogP contribution in [0.5, 0.6) is 11.5 Å². The molecule has 2 N–H and O–H groups in total. The highest BCUT2D eigenvalue weighted by atomic mass is 32.2. The van der Waals surface area contributed by atoms with Crippen molar-refractivity contribution in [3.05, 3.63) is 130 Å². The Labute approximate surface area is 258 Å². The molecule has 44 heavy (non-hydrogen) atoms. The number of H-pyrrole nitrogens is 1. The van der Waals surface area contributed by atoms with E-state index in [1.807, 2.05) is 72.9 Å². The van der Waals surface area contributed by atoms with Crippen molar-refractivity contribution >= 4 is 51.5 Å². The van der Waals surface area contributed by atoms with Crippen molar-refractivity contribution in [1.82, 2.24) is 9.88 Å². The Bertz CT molecular complexity index is 1880. The largest absolute Gasteiger partial charge is 0.493 e. The minimum atomic E-state index is -0.974. The van der Waals surface area contributed by atoms with Crippen molar-refractivity contribution in [3.8, 4) is 11.5 Å². The molecule has 0 spiro atoms. The molecule has 0 radical (unpaired) electrons. The summed E-state index contributed by atoms with van der Waals surface area (Å²) in [6, 6.07) is 29.8. The second-order valence-electron chi connectivity index (χ2n) is 10.1. The van der Waals surface area contributed by atoms with E-state index in [9.17, 15) is 9.59 Å². The third-order valence-corrected chi connectivity index (χ3v) is 8.24. The van der Waals surface area contributed by atoms with Gasteiger partial charge in [0.2, 0.25) is 0 Å². The van der Waals surface area contributed by atoms with Gasteiger partial charge in [-0.2, -0.15) is 0 Å². The fourth-order valence-electron chi connectivity index (χ4n) is 4.92. The summed E-state index contributed by atoms with van der Waals surface area (Å²) >= 11 is 1.35. The van der Waals surface area contributed by atoms with Gasteiger partial charge in [0.1, 0.15) is 6.61 Å². The Hall–Kier alpha value is -5.28. The van der Waals surface area contributed by atoms with E-state index in [1.165, 1.54) is 11.8 Å². The van der Waals surface area contributed by atoms with Crippen LogP contribution in [0.15, 0.2) is 113 Å². The number of carboxylic acids is 1. The Morgan fingerprint density at radius 2 is 1.75 bits per heavy atom. The van der Waals surface area contributed by atoms with Crippen LogP contribution < -0.4 is 9.47 Å². The number of fused-ring (bicyclic) bond motifs is 1. The molecule has 1 fully saturated rings. The van der Waals surface area contributed by atoms with Crippen LogP contribution in [0.3, 0.4) is 0 Å². The second-order valence-corrected chi connectivity index (χ2v) is 11.1. The number of carbonyl (C=O) groups excluding carboxylic acids is 1. The molecule has 0 saturated carbocycles. The fourth-order valence-corrected chi connectivity index (χ4v) is 5.95. The lowest BCUT2D eigenvalue weighted by Crippen LogP contribution is -2.31. The molecule has 1 saturated heterocycles. The van der Waals surface area contributed by atoms with E-state index in [0.717, 1.165) is 33.3 Å². The summed E-state index contributed by atoms with van der Waals surface area (Å²) in [4.78, 5) is 35.3. The standard InChI is InChI=1S/C35H29N3O5S/c1-42-31-19-24(13-16-30(31)43-22-23-11-14-25(15-12-23)34(40)41)20-32-33(39)38(35(44-32)37-27-7-3-2-4-8-27)18-17-26-21-36-29-10-6-5-9-28(26)29/h2-16,19-21,36H,17-18,22H2,1H3,(H,40,41)/b32-20-,37-35?. The van der Waals surface area contributed by atoms with Gasteiger partial charge in [0.05, 0.1) is 23.3 Å².